The number of hydrogen-bond acceptors (Lipinski definition) is 1. The Kier molecular flexibility index (Phi) is 3.67. The monoisotopic (exact) mass is 251 g/mol. The van der Waals surface area contributed by atoms with Gasteiger partial charge in [-0.25, -0.2) is 0 Å². The number of anilines is 1. The first kappa shape index (κ1) is 12.8. The molecule has 1 aliphatic rings. The number of nitrogens with one attached hydrogen (secondary N) is 1. The number of rotatable bonds is 2. The van der Waals surface area contributed by atoms with Gasteiger partial charge in [-0.05, 0) is 49.7 Å². The highest BCUT2D eigenvalue weighted by atomic mass is 35.5. The first-order chi connectivity index (χ1) is 7.98. The van der Waals surface area contributed by atoms with Crippen LogP contribution in [0.4, 0.5) is 5.69 Å². The molecule has 0 unspecified atom stereocenters. The van der Waals surface area contributed by atoms with Crippen LogP contribution in [0, 0.1) is 12.3 Å². The van der Waals surface area contributed by atoms with E-state index in [0.29, 0.717) is 11.5 Å². The lowest BCUT2D eigenvalue weighted by atomic mass is 9.75. The van der Waals surface area contributed by atoms with E-state index in [1.807, 2.05) is 12.1 Å². The molecule has 0 amide bonds. The lowest BCUT2D eigenvalue weighted by molar-refractivity contribution is 0.232. The van der Waals surface area contributed by atoms with Crippen molar-refractivity contribution in [3.63, 3.8) is 0 Å². The largest absolute Gasteiger partial charge is 0.381 e. The van der Waals surface area contributed by atoms with Crippen molar-refractivity contribution in [3.05, 3.63) is 28.8 Å². The predicted molar refractivity (Wildman–Crippen MR) is 75.8 cm³/mol. The van der Waals surface area contributed by atoms with Crippen molar-refractivity contribution in [2.45, 2.75) is 52.5 Å². The standard InChI is InChI=1S/C15H22ClN/c1-11-5-4-6-13(16)14(11)17-12-7-9-15(2,3)10-8-12/h4-6,12,17H,7-10H2,1-3H3. The minimum atomic E-state index is 0.522. The van der Waals surface area contributed by atoms with Crippen LogP contribution in [0.5, 0.6) is 0 Å². The SMILES string of the molecule is Cc1cccc(Cl)c1NC1CCC(C)(C)CC1. The van der Waals surface area contributed by atoms with Crippen molar-refractivity contribution in [3.8, 4) is 0 Å². The van der Waals surface area contributed by atoms with E-state index in [1.54, 1.807) is 0 Å². The van der Waals surface area contributed by atoms with Crippen molar-refractivity contribution < 1.29 is 0 Å². The Balaban J connectivity index is 2.03. The Morgan fingerprint density at radius 1 is 1.24 bits per heavy atom. The summed E-state index contributed by atoms with van der Waals surface area (Å²) in [6.07, 6.45) is 5.09. The van der Waals surface area contributed by atoms with E-state index < -0.39 is 0 Å². The summed E-state index contributed by atoms with van der Waals surface area (Å²) in [6, 6.07) is 6.67. The van der Waals surface area contributed by atoms with Crippen LogP contribution < -0.4 is 5.32 Å². The third kappa shape index (κ3) is 3.16. The summed E-state index contributed by atoms with van der Waals surface area (Å²) in [5, 5.41) is 4.47. The molecule has 0 bridgehead atoms. The second kappa shape index (κ2) is 4.89. The summed E-state index contributed by atoms with van der Waals surface area (Å²) in [7, 11) is 0. The van der Waals surface area contributed by atoms with Gasteiger partial charge in [0, 0.05) is 6.04 Å². The first-order valence-corrected chi connectivity index (χ1v) is 6.87. The molecule has 0 heterocycles. The Labute approximate surface area is 110 Å². The van der Waals surface area contributed by atoms with Crippen LogP contribution in [0.25, 0.3) is 0 Å². The maximum Gasteiger partial charge on any atom is 0.0640 e. The molecule has 2 rings (SSSR count). The van der Waals surface area contributed by atoms with Crippen molar-refractivity contribution in [1.29, 1.82) is 0 Å². The van der Waals surface area contributed by atoms with Gasteiger partial charge in [-0.2, -0.15) is 0 Å². The zero-order chi connectivity index (χ0) is 12.5. The van der Waals surface area contributed by atoms with Crippen LogP contribution >= 0.6 is 11.6 Å². The smallest absolute Gasteiger partial charge is 0.0640 e. The predicted octanol–water partition coefficient (Wildman–Crippen LogP) is 5.03. The second-order valence-electron chi connectivity index (χ2n) is 6.01. The van der Waals surface area contributed by atoms with Gasteiger partial charge in [0.05, 0.1) is 10.7 Å². The molecule has 0 spiro atoms. The minimum absolute atomic E-state index is 0.522. The summed E-state index contributed by atoms with van der Waals surface area (Å²) in [5.74, 6) is 0. The highest BCUT2D eigenvalue weighted by Gasteiger charge is 2.27. The number of benzene rings is 1. The molecule has 1 saturated carbocycles. The highest BCUT2D eigenvalue weighted by Crippen LogP contribution is 2.37. The third-order valence-corrected chi connectivity index (χ3v) is 4.22. The molecule has 94 valence electrons. The summed E-state index contributed by atoms with van der Waals surface area (Å²) >= 11 is 6.24. The van der Waals surface area contributed by atoms with Gasteiger partial charge in [-0.3, -0.25) is 0 Å². The lowest BCUT2D eigenvalue weighted by Crippen LogP contribution is -2.30. The molecule has 1 nitrogen and oxygen atoms in total. The van der Waals surface area contributed by atoms with E-state index in [9.17, 15) is 0 Å². The molecule has 0 radical (unpaired) electrons. The molecule has 0 aromatic heterocycles. The van der Waals surface area contributed by atoms with Crippen LogP contribution in [-0.4, -0.2) is 6.04 Å². The average Bonchev–Trinajstić information content (AvgIpc) is 2.26. The van der Waals surface area contributed by atoms with Crippen LogP contribution in [0.1, 0.15) is 45.1 Å². The Bertz CT molecular complexity index is 368. The van der Waals surface area contributed by atoms with Crippen LogP contribution in [0.3, 0.4) is 0 Å². The number of halogens is 1. The second-order valence-corrected chi connectivity index (χ2v) is 6.42. The van der Waals surface area contributed by atoms with Crippen molar-refractivity contribution >= 4 is 17.3 Å². The number of aryl methyl sites for hydroxylation is 1. The maximum atomic E-state index is 6.24. The van der Waals surface area contributed by atoms with Gasteiger partial charge in [-0.15, -0.1) is 0 Å². The van der Waals surface area contributed by atoms with E-state index in [0.717, 1.165) is 10.7 Å². The van der Waals surface area contributed by atoms with Crippen LogP contribution in [0.2, 0.25) is 5.02 Å². The van der Waals surface area contributed by atoms with Gasteiger partial charge in [0.1, 0.15) is 0 Å². The van der Waals surface area contributed by atoms with Gasteiger partial charge in [0.15, 0.2) is 0 Å². The molecule has 1 aromatic carbocycles. The molecule has 1 aliphatic carbocycles. The van der Waals surface area contributed by atoms with Crippen molar-refractivity contribution in [1.82, 2.24) is 0 Å². The highest BCUT2D eigenvalue weighted by molar-refractivity contribution is 6.33. The summed E-state index contributed by atoms with van der Waals surface area (Å²) in [4.78, 5) is 0. The average molecular weight is 252 g/mol. The molecule has 1 fully saturated rings. The fourth-order valence-electron chi connectivity index (χ4n) is 2.56. The molecule has 0 aliphatic heterocycles. The Hall–Kier alpha value is -0.690. The fraction of sp³-hybridized carbons (Fsp3) is 0.600. The molecule has 2 heteroatoms. The normalized spacial score (nSPS) is 20.2. The van der Waals surface area contributed by atoms with E-state index >= 15 is 0 Å². The van der Waals surface area contributed by atoms with Gasteiger partial charge >= 0.3 is 0 Å². The van der Waals surface area contributed by atoms with E-state index in [2.05, 4.69) is 32.2 Å². The number of para-hydroxylation sites is 1. The molecule has 17 heavy (non-hydrogen) atoms. The summed E-state index contributed by atoms with van der Waals surface area (Å²) in [5.41, 5.74) is 2.88. The molecular weight excluding hydrogens is 230 g/mol. The van der Waals surface area contributed by atoms with Crippen LogP contribution in [-0.2, 0) is 0 Å². The van der Waals surface area contributed by atoms with Gasteiger partial charge < -0.3 is 5.32 Å². The molecule has 1 aromatic rings. The quantitative estimate of drug-likeness (QED) is 0.778. The zero-order valence-corrected chi connectivity index (χ0v) is 11.8. The summed E-state index contributed by atoms with van der Waals surface area (Å²) in [6.45, 7) is 6.84. The van der Waals surface area contributed by atoms with Gasteiger partial charge in [0.2, 0.25) is 0 Å². The zero-order valence-electron chi connectivity index (χ0n) is 11.0. The maximum absolute atomic E-state index is 6.24. The van der Waals surface area contributed by atoms with Crippen LogP contribution in [0.15, 0.2) is 18.2 Å². The minimum Gasteiger partial charge on any atom is -0.381 e. The Morgan fingerprint density at radius 2 is 1.88 bits per heavy atom. The third-order valence-electron chi connectivity index (χ3n) is 3.91. The fourth-order valence-corrected chi connectivity index (χ4v) is 2.84. The first-order valence-electron chi connectivity index (χ1n) is 6.50. The van der Waals surface area contributed by atoms with E-state index in [1.165, 1.54) is 31.2 Å². The molecular formula is C15H22ClN. The van der Waals surface area contributed by atoms with Gasteiger partial charge in [0.25, 0.3) is 0 Å². The Morgan fingerprint density at radius 3 is 2.47 bits per heavy atom. The molecule has 1 N–H and O–H groups in total. The summed E-state index contributed by atoms with van der Waals surface area (Å²) < 4.78 is 0. The molecule has 0 saturated heterocycles. The number of hydrogen-bond donors (Lipinski definition) is 1. The van der Waals surface area contributed by atoms with Crippen molar-refractivity contribution in [2.24, 2.45) is 5.41 Å². The topological polar surface area (TPSA) is 12.0 Å². The molecule has 0 atom stereocenters. The lowest BCUT2D eigenvalue weighted by Gasteiger charge is -2.35. The van der Waals surface area contributed by atoms with Crippen molar-refractivity contribution in [2.75, 3.05) is 5.32 Å². The van der Waals surface area contributed by atoms with Gasteiger partial charge in [-0.1, -0.05) is 37.6 Å². The van der Waals surface area contributed by atoms with E-state index in [4.69, 9.17) is 11.6 Å². The van der Waals surface area contributed by atoms with E-state index in [-0.39, 0.29) is 0 Å².